The van der Waals surface area contributed by atoms with Crippen LogP contribution in [0.4, 0.5) is 17.3 Å². The lowest BCUT2D eigenvalue weighted by Gasteiger charge is -2.27. The second-order valence-corrected chi connectivity index (χ2v) is 8.25. The van der Waals surface area contributed by atoms with E-state index in [9.17, 15) is 10.1 Å². The zero-order valence-corrected chi connectivity index (χ0v) is 18.6. The summed E-state index contributed by atoms with van der Waals surface area (Å²) in [5.41, 5.74) is 2.26. The highest BCUT2D eigenvalue weighted by Crippen LogP contribution is 2.34. The molecule has 1 N–H and O–H groups in total. The number of aromatic nitrogens is 2. The highest BCUT2D eigenvalue weighted by atomic mass is 35.5. The molecule has 10 heteroatoms. The zero-order chi connectivity index (χ0) is 22.3. The van der Waals surface area contributed by atoms with Crippen molar-refractivity contribution in [3.05, 3.63) is 57.4 Å². The Balaban J connectivity index is 1.41. The van der Waals surface area contributed by atoms with E-state index in [0.717, 1.165) is 51.3 Å². The molecule has 1 saturated heterocycles. The van der Waals surface area contributed by atoms with Crippen LogP contribution in [0.25, 0.3) is 5.57 Å². The van der Waals surface area contributed by atoms with Gasteiger partial charge >= 0.3 is 5.69 Å². The number of nitrogens with zero attached hydrogens (tertiary/aromatic N) is 5. The Morgan fingerprint density at radius 1 is 1.16 bits per heavy atom. The average molecular weight is 459 g/mol. The standard InChI is InChI=1S/C22H27ClN6O3/c23-19-4-2-17(3-5-19)18-6-10-28(11-7-18)22-20(29(30)31)21(25-16-26-22)24-8-1-9-27-12-14-32-15-13-27/h2-6,16H,1,7-15H2,(H,24,25,26). The molecule has 0 saturated carbocycles. The minimum absolute atomic E-state index is 0.0674. The van der Waals surface area contributed by atoms with Gasteiger partial charge < -0.3 is 15.0 Å². The minimum atomic E-state index is -0.391. The van der Waals surface area contributed by atoms with Crippen molar-refractivity contribution in [1.29, 1.82) is 0 Å². The average Bonchev–Trinajstić information content (AvgIpc) is 2.83. The van der Waals surface area contributed by atoms with Gasteiger partial charge in [0.25, 0.3) is 0 Å². The van der Waals surface area contributed by atoms with Crippen molar-refractivity contribution in [2.45, 2.75) is 12.8 Å². The molecule has 2 aromatic rings. The van der Waals surface area contributed by atoms with Crippen LogP contribution in [-0.4, -0.2) is 72.3 Å². The van der Waals surface area contributed by atoms with Crippen molar-refractivity contribution in [1.82, 2.24) is 14.9 Å². The molecule has 2 aliphatic heterocycles. The molecule has 170 valence electrons. The van der Waals surface area contributed by atoms with E-state index in [0.29, 0.717) is 30.5 Å². The van der Waals surface area contributed by atoms with Gasteiger partial charge in [-0.1, -0.05) is 29.8 Å². The Labute approximate surface area is 192 Å². The van der Waals surface area contributed by atoms with Gasteiger partial charge in [0, 0.05) is 37.7 Å². The number of hydrogen-bond donors (Lipinski definition) is 1. The third-order valence-electron chi connectivity index (χ3n) is 5.76. The second kappa shape index (κ2) is 10.7. The largest absolute Gasteiger partial charge is 0.379 e. The first kappa shape index (κ1) is 22.4. The van der Waals surface area contributed by atoms with Crippen LogP contribution in [-0.2, 0) is 4.74 Å². The summed E-state index contributed by atoms with van der Waals surface area (Å²) in [6, 6.07) is 7.73. The first-order valence-corrected chi connectivity index (χ1v) is 11.2. The summed E-state index contributed by atoms with van der Waals surface area (Å²) >= 11 is 5.98. The Hall–Kier alpha value is -2.75. The monoisotopic (exact) mass is 458 g/mol. The van der Waals surface area contributed by atoms with Gasteiger partial charge in [-0.15, -0.1) is 0 Å². The molecule has 0 unspecified atom stereocenters. The Morgan fingerprint density at radius 3 is 2.62 bits per heavy atom. The number of rotatable bonds is 8. The van der Waals surface area contributed by atoms with E-state index in [4.69, 9.17) is 16.3 Å². The van der Waals surface area contributed by atoms with Crippen molar-refractivity contribution in [3.8, 4) is 0 Å². The summed E-state index contributed by atoms with van der Waals surface area (Å²) < 4.78 is 5.36. The molecule has 0 radical (unpaired) electrons. The molecule has 4 rings (SSSR count). The van der Waals surface area contributed by atoms with Crippen molar-refractivity contribution in [2.24, 2.45) is 0 Å². The summed E-state index contributed by atoms with van der Waals surface area (Å²) in [7, 11) is 0. The summed E-state index contributed by atoms with van der Waals surface area (Å²) in [6.45, 7) is 6.10. The maximum Gasteiger partial charge on any atom is 0.353 e. The Bertz CT molecular complexity index is 963. The molecular weight excluding hydrogens is 432 g/mol. The minimum Gasteiger partial charge on any atom is -0.379 e. The Morgan fingerprint density at radius 2 is 1.94 bits per heavy atom. The van der Waals surface area contributed by atoms with E-state index < -0.39 is 4.92 Å². The molecule has 0 spiro atoms. The topological polar surface area (TPSA) is 96.7 Å². The molecule has 9 nitrogen and oxygen atoms in total. The SMILES string of the molecule is O=[N+]([O-])c1c(NCCCN2CCOCC2)ncnc1N1CC=C(c2ccc(Cl)cc2)CC1. The molecule has 1 fully saturated rings. The van der Waals surface area contributed by atoms with Crippen LogP contribution >= 0.6 is 11.6 Å². The molecule has 0 bridgehead atoms. The number of hydrogen-bond acceptors (Lipinski definition) is 8. The van der Waals surface area contributed by atoms with Crippen LogP contribution in [0.3, 0.4) is 0 Å². The van der Waals surface area contributed by atoms with E-state index in [1.807, 2.05) is 29.2 Å². The molecule has 0 amide bonds. The number of ether oxygens (including phenoxy) is 1. The number of morpholine rings is 1. The maximum absolute atomic E-state index is 11.9. The molecule has 32 heavy (non-hydrogen) atoms. The summed E-state index contributed by atoms with van der Waals surface area (Å²) in [5, 5.41) is 15.7. The third-order valence-corrected chi connectivity index (χ3v) is 6.01. The maximum atomic E-state index is 11.9. The van der Waals surface area contributed by atoms with Crippen LogP contribution in [0, 0.1) is 10.1 Å². The van der Waals surface area contributed by atoms with Crippen molar-refractivity contribution in [3.63, 3.8) is 0 Å². The van der Waals surface area contributed by atoms with Crippen molar-refractivity contribution < 1.29 is 9.66 Å². The van der Waals surface area contributed by atoms with Crippen LogP contribution in [0.1, 0.15) is 18.4 Å². The van der Waals surface area contributed by atoms with Crippen LogP contribution < -0.4 is 10.2 Å². The molecule has 2 aliphatic rings. The number of benzene rings is 1. The Kier molecular flexibility index (Phi) is 7.51. The van der Waals surface area contributed by atoms with E-state index in [1.54, 1.807) is 0 Å². The van der Waals surface area contributed by atoms with Gasteiger partial charge in [0.05, 0.1) is 18.1 Å². The lowest BCUT2D eigenvalue weighted by molar-refractivity contribution is -0.383. The number of anilines is 2. The second-order valence-electron chi connectivity index (χ2n) is 7.82. The smallest absolute Gasteiger partial charge is 0.353 e. The van der Waals surface area contributed by atoms with Gasteiger partial charge in [0.15, 0.2) is 0 Å². The quantitative estimate of drug-likeness (QED) is 0.365. The lowest BCUT2D eigenvalue weighted by Crippen LogP contribution is -2.37. The van der Waals surface area contributed by atoms with E-state index in [-0.39, 0.29) is 11.5 Å². The molecule has 0 aliphatic carbocycles. The highest BCUT2D eigenvalue weighted by molar-refractivity contribution is 6.30. The fourth-order valence-electron chi connectivity index (χ4n) is 4.02. The van der Waals surface area contributed by atoms with E-state index in [2.05, 4.69) is 26.3 Å². The zero-order valence-electron chi connectivity index (χ0n) is 17.9. The fraction of sp³-hybridized carbons (Fsp3) is 0.455. The fourth-order valence-corrected chi connectivity index (χ4v) is 4.15. The predicted molar refractivity (Wildman–Crippen MR) is 125 cm³/mol. The summed E-state index contributed by atoms with van der Waals surface area (Å²) in [4.78, 5) is 24.2. The molecule has 3 heterocycles. The van der Waals surface area contributed by atoms with Gasteiger partial charge in [-0.05, 0) is 42.7 Å². The molecule has 0 atom stereocenters. The molecular formula is C22H27ClN6O3. The van der Waals surface area contributed by atoms with Crippen molar-refractivity contribution in [2.75, 3.05) is 62.7 Å². The van der Waals surface area contributed by atoms with E-state index in [1.165, 1.54) is 11.9 Å². The third kappa shape index (κ3) is 5.53. The molecule has 1 aromatic carbocycles. The highest BCUT2D eigenvalue weighted by Gasteiger charge is 2.28. The number of halogens is 1. The number of nitrogens with one attached hydrogen (secondary N) is 1. The van der Waals surface area contributed by atoms with E-state index >= 15 is 0 Å². The van der Waals surface area contributed by atoms with Crippen LogP contribution in [0.2, 0.25) is 5.02 Å². The number of nitro groups is 1. The first-order valence-electron chi connectivity index (χ1n) is 10.8. The first-order chi connectivity index (χ1) is 15.6. The summed E-state index contributed by atoms with van der Waals surface area (Å²) in [5.74, 6) is 0.626. The summed E-state index contributed by atoms with van der Waals surface area (Å²) in [6.07, 6.45) is 5.12. The van der Waals surface area contributed by atoms with Gasteiger partial charge in [-0.3, -0.25) is 15.0 Å². The van der Waals surface area contributed by atoms with Gasteiger partial charge in [0.1, 0.15) is 6.33 Å². The van der Waals surface area contributed by atoms with Gasteiger partial charge in [-0.2, -0.15) is 0 Å². The van der Waals surface area contributed by atoms with Gasteiger partial charge in [0.2, 0.25) is 11.6 Å². The predicted octanol–water partition coefficient (Wildman–Crippen LogP) is 3.47. The van der Waals surface area contributed by atoms with Gasteiger partial charge in [-0.25, -0.2) is 9.97 Å². The molecule has 1 aromatic heterocycles. The normalized spacial score (nSPS) is 17.2. The van der Waals surface area contributed by atoms with Crippen LogP contribution in [0.15, 0.2) is 36.7 Å². The van der Waals surface area contributed by atoms with Crippen molar-refractivity contribution >= 4 is 34.5 Å². The lowest BCUT2D eigenvalue weighted by atomic mass is 9.99. The van der Waals surface area contributed by atoms with Crippen LogP contribution in [0.5, 0.6) is 0 Å².